The number of anilines is 1. The molecule has 0 heterocycles. The van der Waals surface area contributed by atoms with Gasteiger partial charge in [-0.25, -0.2) is 8.42 Å². The molecule has 1 atom stereocenters. The Balaban J connectivity index is 2.25. The zero-order valence-electron chi connectivity index (χ0n) is 22.5. The molecular formula is C28H41N3O4S. The van der Waals surface area contributed by atoms with Gasteiger partial charge in [0.1, 0.15) is 6.04 Å². The van der Waals surface area contributed by atoms with Crippen molar-refractivity contribution in [1.29, 1.82) is 0 Å². The standard InChI is InChI=1S/C28H41N3O4S/c1-7-18-29-28(33)25(8-2)30(20-24-15-10-9-13-22(24)4)27(32)17-12-19-31(36(6,34)35)26-16-11-14-21(3)23(26)5/h9-11,13-16,25H,7-8,12,17-20H2,1-6H3,(H,29,33)/t25-/m0/s1. The van der Waals surface area contributed by atoms with Crippen LogP contribution in [0.4, 0.5) is 5.69 Å². The van der Waals surface area contributed by atoms with Gasteiger partial charge in [0.05, 0.1) is 11.9 Å². The smallest absolute Gasteiger partial charge is 0.242 e. The molecule has 0 fully saturated rings. The summed E-state index contributed by atoms with van der Waals surface area (Å²) in [4.78, 5) is 28.1. The van der Waals surface area contributed by atoms with E-state index in [0.717, 1.165) is 28.7 Å². The minimum absolute atomic E-state index is 0.139. The maximum absolute atomic E-state index is 13.5. The van der Waals surface area contributed by atoms with Crippen molar-refractivity contribution >= 4 is 27.5 Å². The minimum atomic E-state index is -3.53. The molecule has 36 heavy (non-hydrogen) atoms. The summed E-state index contributed by atoms with van der Waals surface area (Å²) >= 11 is 0. The Labute approximate surface area is 216 Å². The molecule has 198 valence electrons. The highest BCUT2D eigenvalue weighted by Gasteiger charge is 2.29. The number of sulfonamides is 1. The highest BCUT2D eigenvalue weighted by Crippen LogP contribution is 2.25. The molecule has 2 aromatic carbocycles. The van der Waals surface area contributed by atoms with Gasteiger partial charge in [-0.2, -0.15) is 0 Å². The van der Waals surface area contributed by atoms with E-state index in [1.54, 1.807) is 11.0 Å². The normalized spacial score (nSPS) is 12.2. The van der Waals surface area contributed by atoms with Crippen molar-refractivity contribution in [2.45, 2.75) is 72.9 Å². The van der Waals surface area contributed by atoms with E-state index < -0.39 is 16.1 Å². The first-order valence-corrected chi connectivity index (χ1v) is 14.5. The fourth-order valence-corrected chi connectivity index (χ4v) is 5.26. The molecule has 1 N–H and O–H groups in total. The number of carbonyl (C=O) groups excluding carboxylic acids is 2. The number of carbonyl (C=O) groups is 2. The van der Waals surface area contributed by atoms with Crippen molar-refractivity contribution in [3.63, 3.8) is 0 Å². The maximum atomic E-state index is 13.5. The van der Waals surface area contributed by atoms with E-state index in [1.807, 2.05) is 71.0 Å². The Kier molecular flexibility index (Phi) is 11.0. The van der Waals surface area contributed by atoms with Crippen LogP contribution in [0.5, 0.6) is 0 Å². The van der Waals surface area contributed by atoms with Crippen LogP contribution in [0.2, 0.25) is 0 Å². The Morgan fingerprint density at radius 2 is 1.64 bits per heavy atom. The summed E-state index contributed by atoms with van der Waals surface area (Å²) in [6, 6.07) is 12.8. The van der Waals surface area contributed by atoms with Crippen LogP contribution in [0.15, 0.2) is 42.5 Å². The molecule has 8 heteroatoms. The lowest BCUT2D eigenvalue weighted by atomic mass is 10.0. The second kappa shape index (κ2) is 13.4. The molecule has 2 amide bonds. The van der Waals surface area contributed by atoms with Crippen molar-refractivity contribution in [2.24, 2.45) is 0 Å². The Bertz CT molecular complexity index is 1150. The number of nitrogens with zero attached hydrogens (tertiary/aromatic N) is 2. The van der Waals surface area contributed by atoms with E-state index in [1.165, 1.54) is 10.6 Å². The Hall–Kier alpha value is -2.87. The lowest BCUT2D eigenvalue weighted by Crippen LogP contribution is -2.49. The second-order valence-corrected chi connectivity index (χ2v) is 11.2. The number of nitrogens with one attached hydrogen (secondary N) is 1. The predicted octanol–water partition coefficient (Wildman–Crippen LogP) is 4.49. The molecule has 0 saturated carbocycles. The molecular weight excluding hydrogens is 474 g/mol. The highest BCUT2D eigenvalue weighted by atomic mass is 32.2. The van der Waals surface area contributed by atoms with Crippen LogP contribution in [0.1, 0.15) is 61.8 Å². The lowest BCUT2D eigenvalue weighted by molar-refractivity contribution is -0.141. The number of rotatable bonds is 13. The number of hydrogen-bond acceptors (Lipinski definition) is 4. The fourth-order valence-electron chi connectivity index (χ4n) is 4.24. The molecule has 2 rings (SSSR count). The molecule has 0 radical (unpaired) electrons. The number of benzene rings is 2. The molecule has 0 aromatic heterocycles. The van der Waals surface area contributed by atoms with Crippen molar-refractivity contribution < 1.29 is 18.0 Å². The molecule has 0 saturated heterocycles. The van der Waals surface area contributed by atoms with Gasteiger partial charge in [-0.1, -0.05) is 50.2 Å². The third-order valence-electron chi connectivity index (χ3n) is 6.53. The first-order chi connectivity index (χ1) is 17.0. The molecule has 0 aliphatic rings. The van der Waals surface area contributed by atoms with Crippen molar-refractivity contribution in [1.82, 2.24) is 10.2 Å². The van der Waals surface area contributed by atoms with Crippen molar-refractivity contribution in [3.8, 4) is 0 Å². The fraction of sp³-hybridized carbons (Fsp3) is 0.500. The zero-order valence-corrected chi connectivity index (χ0v) is 23.3. The first kappa shape index (κ1) is 29.4. The van der Waals surface area contributed by atoms with Crippen molar-refractivity contribution in [2.75, 3.05) is 23.7 Å². The second-order valence-electron chi connectivity index (χ2n) is 9.32. The molecule has 2 aromatic rings. The quantitative estimate of drug-likeness (QED) is 0.426. The van der Waals surface area contributed by atoms with Gasteiger partial charge in [-0.05, 0) is 68.4 Å². The van der Waals surface area contributed by atoms with Crippen LogP contribution in [-0.2, 0) is 26.2 Å². The molecule has 0 aliphatic heterocycles. The van der Waals surface area contributed by atoms with Crippen LogP contribution in [0.3, 0.4) is 0 Å². The number of amides is 2. The van der Waals surface area contributed by atoms with Gasteiger partial charge in [-0.15, -0.1) is 0 Å². The van der Waals surface area contributed by atoms with Gasteiger partial charge in [0, 0.05) is 26.1 Å². The first-order valence-electron chi connectivity index (χ1n) is 12.7. The summed E-state index contributed by atoms with van der Waals surface area (Å²) in [6.07, 6.45) is 2.97. The molecule has 0 spiro atoms. The molecule has 0 bridgehead atoms. The average molecular weight is 516 g/mol. The Morgan fingerprint density at radius 3 is 2.25 bits per heavy atom. The van der Waals surface area contributed by atoms with Crippen LogP contribution in [0, 0.1) is 20.8 Å². The summed E-state index contributed by atoms with van der Waals surface area (Å²) in [5.41, 5.74) is 4.57. The van der Waals surface area contributed by atoms with E-state index in [-0.39, 0.29) is 24.8 Å². The van der Waals surface area contributed by atoms with Crippen LogP contribution in [-0.4, -0.2) is 50.5 Å². The predicted molar refractivity (Wildman–Crippen MR) is 146 cm³/mol. The molecule has 0 aliphatic carbocycles. The van der Waals surface area contributed by atoms with E-state index in [0.29, 0.717) is 31.6 Å². The van der Waals surface area contributed by atoms with E-state index >= 15 is 0 Å². The molecule has 7 nitrogen and oxygen atoms in total. The lowest BCUT2D eigenvalue weighted by Gasteiger charge is -2.31. The van der Waals surface area contributed by atoms with Gasteiger partial charge in [0.2, 0.25) is 21.8 Å². The number of aryl methyl sites for hydroxylation is 2. The van der Waals surface area contributed by atoms with Gasteiger partial charge in [0.25, 0.3) is 0 Å². The molecule has 0 unspecified atom stereocenters. The van der Waals surface area contributed by atoms with E-state index in [9.17, 15) is 18.0 Å². The summed E-state index contributed by atoms with van der Waals surface area (Å²) in [7, 11) is -3.53. The summed E-state index contributed by atoms with van der Waals surface area (Å²) in [5.74, 6) is -0.319. The van der Waals surface area contributed by atoms with Gasteiger partial charge in [-0.3, -0.25) is 13.9 Å². The number of hydrogen-bond donors (Lipinski definition) is 1. The van der Waals surface area contributed by atoms with Gasteiger partial charge < -0.3 is 10.2 Å². The van der Waals surface area contributed by atoms with Crippen molar-refractivity contribution in [3.05, 3.63) is 64.7 Å². The summed E-state index contributed by atoms with van der Waals surface area (Å²) < 4.78 is 26.6. The Morgan fingerprint density at radius 1 is 0.972 bits per heavy atom. The zero-order chi connectivity index (χ0) is 26.9. The van der Waals surface area contributed by atoms with Crippen LogP contribution >= 0.6 is 0 Å². The van der Waals surface area contributed by atoms with Gasteiger partial charge in [0.15, 0.2) is 0 Å². The topological polar surface area (TPSA) is 86.8 Å². The largest absolute Gasteiger partial charge is 0.354 e. The maximum Gasteiger partial charge on any atom is 0.242 e. The van der Waals surface area contributed by atoms with E-state index in [4.69, 9.17) is 0 Å². The monoisotopic (exact) mass is 515 g/mol. The SMILES string of the molecule is CCCNC(=O)[C@H](CC)N(Cc1ccccc1C)C(=O)CCCN(c1cccc(C)c1C)S(C)(=O)=O. The summed E-state index contributed by atoms with van der Waals surface area (Å²) in [6.45, 7) is 10.8. The third-order valence-corrected chi connectivity index (χ3v) is 7.71. The highest BCUT2D eigenvalue weighted by molar-refractivity contribution is 7.92. The van der Waals surface area contributed by atoms with E-state index in [2.05, 4.69) is 5.32 Å². The average Bonchev–Trinajstić information content (AvgIpc) is 2.82. The minimum Gasteiger partial charge on any atom is -0.354 e. The van der Waals surface area contributed by atoms with Crippen LogP contribution < -0.4 is 9.62 Å². The van der Waals surface area contributed by atoms with Crippen LogP contribution in [0.25, 0.3) is 0 Å². The summed E-state index contributed by atoms with van der Waals surface area (Å²) in [5, 5.41) is 2.93. The third kappa shape index (κ3) is 7.82. The van der Waals surface area contributed by atoms with Gasteiger partial charge >= 0.3 is 0 Å².